The molecule has 0 aliphatic carbocycles. The number of likely N-dealkylation sites (tertiary alicyclic amines) is 1. The number of aliphatic imine (C=N–C) groups is 1. The van der Waals surface area contributed by atoms with Crippen LogP contribution in [0.3, 0.4) is 0 Å². The fraction of sp³-hybridized carbons (Fsp3) is 0.438. The van der Waals surface area contributed by atoms with Gasteiger partial charge in [-0.3, -0.25) is 14.8 Å². The summed E-state index contributed by atoms with van der Waals surface area (Å²) in [7, 11) is 0. The Labute approximate surface area is 134 Å². The van der Waals surface area contributed by atoms with Crippen molar-refractivity contribution >= 4 is 22.8 Å². The highest BCUT2D eigenvalue weighted by Gasteiger charge is 2.33. The lowest BCUT2D eigenvalue weighted by Gasteiger charge is -2.26. The first-order chi connectivity index (χ1) is 10.8. The molecule has 6 heteroatoms. The Kier molecular flexibility index (Phi) is 3.62. The van der Waals surface area contributed by atoms with Crippen LogP contribution in [0.25, 0.3) is 0 Å². The molecule has 0 radical (unpaired) electrons. The van der Waals surface area contributed by atoms with E-state index in [1.165, 1.54) is 0 Å². The molecule has 114 valence electrons. The molecule has 1 saturated heterocycles. The van der Waals surface area contributed by atoms with Crippen molar-refractivity contribution in [2.75, 3.05) is 19.6 Å². The topological polar surface area (TPSA) is 48.8 Å². The van der Waals surface area contributed by atoms with Gasteiger partial charge in [0.05, 0.1) is 24.7 Å². The van der Waals surface area contributed by atoms with Crippen molar-refractivity contribution in [2.45, 2.75) is 25.3 Å². The van der Waals surface area contributed by atoms with Gasteiger partial charge < -0.3 is 9.80 Å². The number of rotatable bonds is 3. The van der Waals surface area contributed by atoms with Gasteiger partial charge >= 0.3 is 0 Å². The van der Waals surface area contributed by atoms with E-state index < -0.39 is 0 Å². The lowest BCUT2D eigenvalue weighted by Crippen LogP contribution is -2.33. The Balaban J connectivity index is 1.47. The van der Waals surface area contributed by atoms with Gasteiger partial charge in [0, 0.05) is 25.0 Å². The minimum atomic E-state index is 0.134. The smallest absolute Gasteiger partial charge is 0.229 e. The number of carbonyl (C=O) groups excluding carboxylic acids is 1. The molecule has 3 aliphatic rings. The maximum Gasteiger partial charge on any atom is 0.229 e. The Morgan fingerprint density at radius 1 is 1.36 bits per heavy atom. The third kappa shape index (κ3) is 2.41. The van der Waals surface area contributed by atoms with E-state index in [1.54, 1.807) is 18.0 Å². The quantitative estimate of drug-likeness (QED) is 0.859. The van der Waals surface area contributed by atoms with Gasteiger partial charge in [-0.25, -0.2) is 0 Å². The van der Waals surface area contributed by atoms with Gasteiger partial charge in [0.25, 0.3) is 0 Å². The molecule has 0 bridgehead atoms. The highest BCUT2D eigenvalue weighted by atomic mass is 32.2. The summed E-state index contributed by atoms with van der Waals surface area (Å²) >= 11 is 1.63. The van der Waals surface area contributed by atoms with E-state index in [2.05, 4.69) is 20.3 Å². The molecule has 1 unspecified atom stereocenters. The van der Waals surface area contributed by atoms with E-state index in [4.69, 9.17) is 0 Å². The van der Waals surface area contributed by atoms with Crippen LogP contribution in [0, 0.1) is 0 Å². The number of carbonyl (C=O) groups is 1. The van der Waals surface area contributed by atoms with Gasteiger partial charge in [-0.1, -0.05) is 17.8 Å². The average Bonchev–Trinajstić information content (AvgIpc) is 3.26. The number of amides is 1. The fourth-order valence-electron chi connectivity index (χ4n) is 3.32. The van der Waals surface area contributed by atoms with Crippen molar-refractivity contribution in [1.82, 2.24) is 14.8 Å². The van der Waals surface area contributed by atoms with Gasteiger partial charge in [-0.15, -0.1) is 0 Å². The first kappa shape index (κ1) is 13.8. The number of fused-ring (bicyclic) bond motifs is 1. The minimum Gasteiger partial charge on any atom is -0.334 e. The van der Waals surface area contributed by atoms with Crippen LogP contribution in [0.15, 0.2) is 40.5 Å². The Bertz CT molecular complexity index is 643. The summed E-state index contributed by atoms with van der Waals surface area (Å²) in [5.41, 5.74) is 2.10. The van der Waals surface area contributed by atoms with Crippen LogP contribution in [0.1, 0.15) is 31.0 Å². The molecule has 1 fully saturated rings. The van der Waals surface area contributed by atoms with Gasteiger partial charge in [-0.2, -0.15) is 0 Å². The van der Waals surface area contributed by atoms with Crippen LogP contribution < -0.4 is 0 Å². The standard InChI is InChI=1S/C16H18N4OS/c21-15(10-12-11-22-16-18-7-9-19(12)16)20-8-3-5-14(20)13-4-1-2-6-17-13/h1-2,4,6,11,14H,3,5,7-10H2. The third-order valence-electron chi connectivity index (χ3n) is 4.38. The van der Waals surface area contributed by atoms with Crippen LogP contribution in [-0.4, -0.2) is 45.5 Å². The Morgan fingerprint density at radius 2 is 2.32 bits per heavy atom. The maximum atomic E-state index is 12.8. The number of aromatic nitrogens is 1. The van der Waals surface area contributed by atoms with Gasteiger partial charge in [-0.05, 0) is 30.4 Å². The lowest BCUT2D eigenvalue weighted by molar-refractivity contribution is -0.131. The molecule has 3 aliphatic heterocycles. The summed E-state index contributed by atoms with van der Waals surface area (Å²) in [6.45, 7) is 2.58. The molecule has 0 saturated carbocycles. The molecular formula is C16H18N4OS. The number of nitrogens with zero attached hydrogens (tertiary/aromatic N) is 4. The number of pyridine rings is 1. The second-order valence-electron chi connectivity index (χ2n) is 5.72. The van der Waals surface area contributed by atoms with E-state index >= 15 is 0 Å². The van der Waals surface area contributed by atoms with Crippen LogP contribution >= 0.6 is 11.8 Å². The summed E-state index contributed by atoms with van der Waals surface area (Å²) in [4.78, 5) is 25.8. The fourth-order valence-corrected chi connectivity index (χ4v) is 4.27. The van der Waals surface area contributed by atoms with Gasteiger partial charge in [0.2, 0.25) is 5.91 Å². The molecule has 5 nitrogen and oxygen atoms in total. The predicted molar refractivity (Wildman–Crippen MR) is 87.2 cm³/mol. The normalized spacial score (nSPS) is 23.5. The van der Waals surface area contributed by atoms with E-state index in [0.29, 0.717) is 6.42 Å². The first-order valence-corrected chi connectivity index (χ1v) is 8.59. The van der Waals surface area contributed by atoms with Crippen LogP contribution in [0.2, 0.25) is 0 Å². The molecular weight excluding hydrogens is 296 g/mol. The number of hydrogen-bond acceptors (Lipinski definition) is 5. The summed E-state index contributed by atoms with van der Waals surface area (Å²) in [6, 6.07) is 6.06. The molecule has 1 aromatic heterocycles. The summed E-state index contributed by atoms with van der Waals surface area (Å²) in [6.07, 6.45) is 4.33. The lowest BCUT2D eigenvalue weighted by atomic mass is 10.1. The molecule has 4 heterocycles. The largest absolute Gasteiger partial charge is 0.334 e. The van der Waals surface area contributed by atoms with Crippen molar-refractivity contribution < 1.29 is 4.79 Å². The third-order valence-corrected chi connectivity index (χ3v) is 5.33. The van der Waals surface area contributed by atoms with E-state index in [1.807, 2.05) is 23.1 Å². The van der Waals surface area contributed by atoms with E-state index in [-0.39, 0.29) is 11.9 Å². The van der Waals surface area contributed by atoms with Crippen molar-refractivity contribution in [3.8, 4) is 0 Å². The molecule has 1 aromatic rings. The van der Waals surface area contributed by atoms with Crippen molar-refractivity contribution in [1.29, 1.82) is 0 Å². The number of thioether (sulfide) groups is 1. The first-order valence-electron chi connectivity index (χ1n) is 7.71. The zero-order chi connectivity index (χ0) is 14.9. The van der Waals surface area contributed by atoms with Gasteiger partial charge in [0.1, 0.15) is 0 Å². The van der Waals surface area contributed by atoms with E-state index in [9.17, 15) is 4.79 Å². The van der Waals surface area contributed by atoms with Crippen LogP contribution in [0.4, 0.5) is 0 Å². The molecule has 4 rings (SSSR count). The van der Waals surface area contributed by atoms with Crippen molar-refractivity contribution in [2.24, 2.45) is 4.99 Å². The zero-order valence-corrected chi connectivity index (χ0v) is 13.1. The molecule has 0 N–H and O–H groups in total. The van der Waals surface area contributed by atoms with Crippen molar-refractivity contribution in [3.05, 3.63) is 41.2 Å². The molecule has 1 atom stereocenters. The Hall–Kier alpha value is -1.82. The molecule has 1 amide bonds. The Morgan fingerprint density at radius 3 is 3.18 bits per heavy atom. The summed E-state index contributed by atoms with van der Waals surface area (Å²) < 4.78 is 0. The zero-order valence-electron chi connectivity index (χ0n) is 12.3. The van der Waals surface area contributed by atoms with Crippen LogP contribution in [-0.2, 0) is 4.79 Å². The summed E-state index contributed by atoms with van der Waals surface area (Å²) in [5.74, 6) is 0.202. The molecule has 0 spiro atoms. The number of amidine groups is 1. The average molecular weight is 314 g/mol. The van der Waals surface area contributed by atoms with E-state index in [0.717, 1.165) is 49.0 Å². The van der Waals surface area contributed by atoms with Crippen LogP contribution in [0.5, 0.6) is 0 Å². The monoisotopic (exact) mass is 314 g/mol. The van der Waals surface area contributed by atoms with Crippen molar-refractivity contribution in [3.63, 3.8) is 0 Å². The van der Waals surface area contributed by atoms with Gasteiger partial charge in [0.15, 0.2) is 5.17 Å². The second kappa shape index (κ2) is 5.76. The highest BCUT2D eigenvalue weighted by Crippen LogP contribution is 2.34. The molecule has 0 aromatic carbocycles. The predicted octanol–water partition coefficient (Wildman–Crippen LogP) is 2.40. The minimum absolute atomic E-state index is 0.134. The SMILES string of the molecule is O=C(CC1=CSC2=NCCN12)N1CCCC1c1ccccn1. The number of hydrogen-bond donors (Lipinski definition) is 0. The second-order valence-corrected chi connectivity index (χ2v) is 6.56. The maximum absolute atomic E-state index is 12.8. The summed E-state index contributed by atoms with van der Waals surface area (Å²) in [5, 5.41) is 3.12. The highest BCUT2D eigenvalue weighted by molar-refractivity contribution is 8.16. The molecule has 22 heavy (non-hydrogen) atoms.